The quantitative estimate of drug-likeness (QED) is 0.350. The molecule has 0 atom stereocenters. The summed E-state index contributed by atoms with van der Waals surface area (Å²) in [4.78, 5) is 8.72. The van der Waals surface area contributed by atoms with Crippen molar-refractivity contribution in [1.82, 2.24) is 25.0 Å². The molecule has 0 aliphatic carbocycles. The molecule has 4 aromatic rings. The van der Waals surface area contributed by atoms with E-state index >= 15 is 0 Å². The highest BCUT2D eigenvalue weighted by Crippen LogP contribution is 2.29. The Morgan fingerprint density at radius 1 is 1.00 bits per heavy atom. The van der Waals surface area contributed by atoms with Crippen LogP contribution in [0.2, 0.25) is 10.0 Å². The first-order valence-electron chi connectivity index (χ1n) is 7.82. The summed E-state index contributed by atoms with van der Waals surface area (Å²) in [5.41, 5.74) is 4.52. The van der Waals surface area contributed by atoms with E-state index in [2.05, 4.69) is 20.3 Å². The van der Waals surface area contributed by atoms with Crippen molar-refractivity contribution in [3.8, 4) is 5.69 Å². The van der Waals surface area contributed by atoms with Crippen molar-refractivity contribution in [2.24, 2.45) is 0 Å². The van der Waals surface area contributed by atoms with E-state index in [0.717, 1.165) is 16.3 Å². The van der Waals surface area contributed by atoms with E-state index in [1.165, 1.54) is 11.9 Å². The molecule has 0 amide bonds. The van der Waals surface area contributed by atoms with E-state index in [1.807, 2.05) is 43.3 Å². The van der Waals surface area contributed by atoms with Crippen LogP contribution in [-0.2, 0) is 5.75 Å². The zero-order chi connectivity index (χ0) is 18.1. The summed E-state index contributed by atoms with van der Waals surface area (Å²) < 4.78 is 1.72. The molecule has 2 aromatic heterocycles. The van der Waals surface area contributed by atoms with Gasteiger partial charge in [-0.3, -0.25) is 0 Å². The van der Waals surface area contributed by atoms with Crippen molar-refractivity contribution in [1.29, 1.82) is 0 Å². The van der Waals surface area contributed by atoms with Crippen molar-refractivity contribution in [2.75, 3.05) is 0 Å². The highest BCUT2D eigenvalue weighted by Gasteiger charge is 2.13. The van der Waals surface area contributed by atoms with Crippen LogP contribution in [-0.4, -0.2) is 25.0 Å². The second kappa shape index (κ2) is 7.23. The summed E-state index contributed by atoms with van der Waals surface area (Å²) in [5, 5.41) is 10.4. The van der Waals surface area contributed by atoms with E-state index < -0.39 is 0 Å². The SMILES string of the molecule is Cc1ccc(-n2nnc3c(SCc4ccc(Cl)c(Cl)c4)ncnc32)cc1. The first kappa shape index (κ1) is 17.3. The molecule has 0 unspecified atom stereocenters. The second-order valence-electron chi connectivity index (χ2n) is 5.72. The summed E-state index contributed by atoms with van der Waals surface area (Å²) in [6.45, 7) is 2.04. The summed E-state index contributed by atoms with van der Waals surface area (Å²) in [5.74, 6) is 0.695. The molecule has 0 radical (unpaired) electrons. The average molecular weight is 402 g/mol. The van der Waals surface area contributed by atoms with Gasteiger partial charge in [-0.2, -0.15) is 4.68 Å². The fraction of sp³-hybridized carbons (Fsp3) is 0.111. The number of aryl methyl sites for hydroxylation is 1. The van der Waals surface area contributed by atoms with Crippen LogP contribution in [0.4, 0.5) is 0 Å². The molecular weight excluding hydrogens is 389 g/mol. The lowest BCUT2D eigenvalue weighted by molar-refractivity contribution is 0.816. The molecular formula is C18H13Cl2N5S. The normalized spacial score (nSPS) is 11.2. The van der Waals surface area contributed by atoms with Gasteiger partial charge in [-0.25, -0.2) is 9.97 Å². The maximum Gasteiger partial charge on any atom is 0.187 e. The van der Waals surface area contributed by atoms with Gasteiger partial charge in [0.1, 0.15) is 11.4 Å². The standard InChI is InChI=1S/C18H13Cl2N5S/c1-11-2-5-13(6-3-11)25-17-16(23-24-25)18(22-10-21-17)26-9-12-4-7-14(19)15(20)8-12/h2-8,10H,9H2,1H3. The molecule has 0 saturated carbocycles. The Hall–Kier alpha value is -2.15. The van der Waals surface area contributed by atoms with Crippen molar-refractivity contribution < 1.29 is 0 Å². The van der Waals surface area contributed by atoms with E-state index in [-0.39, 0.29) is 0 Å². The van der Waals surface area contributed by atoms with Crippen molar-refractivity contribution >= 4 is 46.1 Å². The number of hydrogen-bond acceptors (Lipinski definition) is 5. The number of halogens is 2. The maximum atomic E-state index is 6.08. The third-order valence-electron chi connectivity index (χ3n) is 3.84. The van der Waals surface area contributed by atoms with Gasteiger partial charge in [0, 0.05) is 5.75 Å². The second-order valence-corrected chi connectivity index (χ2v) is 7.50. The lowest BCUT2D eigenvalue weighted by Crippen LogP contribution is -1.98. The highest BCUT2D eigenvalue weighted by atomic mass is 35.5. The zero-order valence-electron chi connectivity index (χ0n) is 13.7. The van der Waals surface area contributed by atoms with Crippen LogP contribution in [0.25, 0.3) is 16.9 Å². The van der Waals surface area contributed by atoms with Gasteiger partial charge in [0.2, 0.25) is 0 Å². The number of aromatic nitrogens is 5. The fourth-order valence-corrected chi connectivity index (χ4v) is 3.67. The lowest BCUT2D eigenvalue weighted by Gasteiger charge is -2.04. The number of thioether (sulfide) groups is 1. The minimum absolute atomic E-state index is 0.544. The van der Waals surface area contributed by atoms with Crippen LogP contribution < -0.4 is 0 Å². The van der Waals surface area contributed by atoms with Gasteiger partial charge in [0.15, 0.2) is 11.2 Å². The van der Waals surface area contributed by atoms with E-state index in [4.69, 9.17) is 23.2 Å². The van der Waals surface area contributed by atoms with Gasteiger partial charge in [0.05, 0.1) is 15.7 Å². The molecule has 4 rings (SSSR count). The number of fused-ring (bicyclic) bond motifs is 1. The third-order valence-corrected chi connectivity index (χ3v) is 5.63. The van der Waals surface area contributed by atoms with Crippen molar-refractivity contribution in [3.05, 3.63) is 70.0 Å². The smallest absolute Gasteiger partial charge is 0.187 e. The Morgan fingerprint density at radius 2 is 1.81 bits per heavy atom. The first-order chi connectivity index (χ1) is 12.6. The summed E-state index contributed by atoms with van der Waals surface area (Å²) >= 11 is 13.6. The number of benzene rings is 2. The topological polar surface area (TPSA) is 56.5 Å². The van der Waals surface area contributed by atoms with Gasteiger partial charge < -0.3 is 0 Å². The monoisotopic (exact) mass is 401 g/mol. The van der Waals surface area contributed by atoms with Crippen LogP contribution in [0.15, 0.2) is 53.8 Å². The van der Waals surface area contributed by atoms with Gasteiger partial charge >= 0.3 is 0 Å². The number of rotatable bonds is 4. The molecule has 8 heteroatoms. The molecule has 26 heavy (non-hydrogen) atoms. The molecule has 0 aliphatic rings. The third kappa shape index (κ3) is 3.40. The maximum absolute atomic E-state index is 6.08. The minimum Gasteiger partial charge on any atom is -0.227 e. The molecule has 0 aliphatic heterocycles. The highest BCUT2D eigenvalue weighted by molar-refractivity contribution is 7.98. The van der Waals surface area contributed by atoms with Crippen molar-refractivity contribution in [2.45, 2.75) is 17.7 Å². The van der Waals surface area contributed by atoms with E-state index in [0.29, 0.717) is 27.0 Å². The average Bonchev–Trinajstić information content (AvgIpc) is 3.08. The van der Waals surface area contributed by atoms with Gasteiger partial charge in [-0.1, -0.05) is 63.9 Å². The predicted octanol–water partition coefficient (Wildman–Crippen LogP) is 5.12. The molecule has 5 nitrogen and oxygen atoms in total. The lowest BCUT2D eigenvalue weighted by atomic mass is 10.2. The van der Waals surface area contributed by atoms with Crippen LogP contribution in [0, 0.1) is 6.92 Å². The summed E-state index contributed by atoms with van der Waals surface area (Å²) in [7, 11) is 0. The zero-order valence-corrected chi connectivity index (χ0v) is 16.1. The molecule has 0 N–H and O–H groups in total. The number of hydrogen-bond donors (Lipinski definition) is 0. The Kier molecular flexibility index (Phi) is 4.80. The fourth-order valence-electron chi connectivity index (χ4n) is 2.47. The largest absolute Gasteiger partial charge is 0.227 e. The van der Waals surface area contributed by atoms with Gasteiger partial charge in [-0.15, -0.1) is 5.10 Å². The Morgan fingerprint density at radius 3 is 2.58 bits per heavy atom. The van der Waals surface area contributed by atoms with Crippen LogP contribution in [0.5, 0.6) is 0 Å². The van der Waals surface area contributed by atoms with Crippen LogP contribution in [0.1, 0.15) is 11.1 Å². The van der Waals surface area contributed by atoms with E-state index in [1.54, 1.807) is 22.5 Å². The van der Waals surface area contributed by atoms with Crippen molar-refractivity contribution in [3.63, 3.8) is 0 Å². The first-order valence-corrected chi connectivity index (χ1v) is 9.56. The molecule has 0 bridgehead atoms. The van der Waals surface area contributed by atoms with Gasteiger partial charge in [-0.05, 0) is 36.8 Å². The predicted molar refractivity (Wildman–Crippen MR) is 105 cm³/mol. The Bertz CT molecular complexity index is 1080. The van der Waals surface area contributed by atoms with Crippen LogP contribution in [0.3, 0.4) is 0 Å². The minimum atomic E-state index is 0.544. The Balaban J connectivity index is 1.64. The van der Waals surface area contributed by atoms with Gasteiger partial charge in [0.25, 0.3) is 0 Å². The molecule has 2 aromatic carbocycles. The summed E-state index contributed by atoms with van der Waals surface area (Å²) in [6.07, 6.45) is 1.54. The summed E-state index contributed by atoms with van der Waals surface area (Å²) in [6, 6.07) is 13.7. The van der Waals surface area contributed by atoms with Crippen LogP contribution >= 0.6 is 35.0 Å². The van der Waals surface area contributed by atoms with E-state index in [9.17, 15) is 0 Å². The molecule has 130 valence electrons. The molecule has 0 fully saturated rings. The number of nitrogens with zero attached hydrogens (tertiary/aromatic N) is 5. The molecule has 2 heterocycles. The molecule has 0 spiro atoms. The molecule has 0 saturated heterocycles. The Labute approximate surface area is 164 Å².